The van der Waals surface area contributed by atoms with Crippen LogP contribution < -0.4 is 5.73 Å². The van der Waals surface area contributed by atoms with Gasteiger partial charge >= 0.3 is 0 Å². The van der Waals surface area contributed by atoms with E-state index in [1.165, 1.54) is 11.3 Å². The number of aromatic nitrogens is 1. The summed E-state index contributed by atoms with van der Waals surface area (Å²) in [5.41, 5.74) is 6.62. The molecule has 2 N–H and O–H groups in total. The van der Waals surface area contributed by atoms with E-state index in [4.69, 9.17) is 10.2 Å². The predicted molar refractivity (Wildman–Crippen MR) is 99.5 cm³/mol. The van der Waals surface area contributed by atoms with Gasteiger partial charge in [-0.2, -0.15) is 0 Å². The third-order valence-corrected chi connectivity index (χ3v) is 4.85. The number of rotatable bonds is 7. The van der Waals surface area contributed by atoms with E-state index in [2.05, 4.69) is 4.98 Å². The minimum Gasteiger partial charge on any atom is -0.462 e. The molecule has 6 nitrogen and oxygen atoms in total. The number of primary amides is 1. The van der Waals surface area contributed by atoms with Crippen LogP contribution in [0.3, 0.4) is 0 Å². The van der Waals surface area contributed by atoms with E-state index in [1.54, 1.807) is 23.3 Å². The van der Waals surface area contributed by atoms with E-state index in [1.807, 2.05) is 37.3 Å². The third-order valence-electron chi connectivity index (χ3n) is 3.86. The highest BCUT2D eigenvalue weighted by Gasteiger charge is 2.23. The first-order valence-electron chi connectivity index (χ1n) is 8.17. The minimum absolute atomic E-state index is 0.104. The van der Waals surface area contributed by atoms with Crippen LogP contribution in [0.25, 0.3) is 10.8 Å². The molecule has 0 saturated heterocycles. The number of benzene rings is 1. The zero-order chi connectivity index (χ0) is 18.5. The molecule has 0 bridgehead atoms. The number of furan rings is 1. The number of aryl methyl sites for hydroxylation is 1. The molecule has 0 aliphatic carbocycles. The molecule has 26 heavy (non-hydrogen) atoms. The lowest BCUT2D eigenvalue weighted by molar-refractivity contribution is -0.118. The van der Waals surface area contributed by atoms with Crippen LogP contribution in [0.2, 0.25) is 0 Å². The van der Waals surface area contributed by atoms with Gasteiger partial charge in [-0.25, -0.2) is 4.98 Å². The summed E-state index contributed by atoms with van der Waals surface area (Å²) in [6.07, 6.45) is 1.68. The number of nitrogens with zero attached hydrogens (tertiary/aromatic N) is 2. The number of carbonyl (C=O) groups excluding carboxylic acids is 2. The Morgan fingerprint density at radius 1 is 1.19 bits per heavy atom. The summed E-state index contributed by atoms with van der Waals surface area (Å²) >= 11 is 1.40. The van der Waals surface area contributed by atoms with E-state index >= 15 is 0 Å². The molecular formula is C19H19N3O3S. The first-order chi connectivity index (χ1) is 12.5. The first kappa shape index (κ1) is 17.9. The summed E-state index contributed by atoms with van der Waals surface area (Å²) < 4.78 is 5.36. The summed E-state index contributed by atoms with van der Waals surface area (Å²) in [6.45, 7) is 2.49. The maximum atomic E-state index is 13.1. The topological polar surface area (TPSA) is 89.4 Å². The van der Waals surface area contributed by atoms with Gasteiger partial charge in [0.25, 0.3) is 5.91 Å². The zero-order valence-corrected chi connectivity index (χ0v) is 15.2. The highest BCUT2D eigenvalue weighted by Crippen LogP contribution is 2.28. The van der Waals surface area contributed by atoms with Crippen LogP contribution in [0.5, 0.6) is 0 Å². The molecule has 0 aliphatic heterocycles. The fourth-order valence-electron chi connectivity index (χ4n) is 2.55. The molecule has 0 spiro atoms. The van der Waals surface area contributed by atoms with Gasteiger partial charge in [0.1, 0.15) is 5.69 Å². The fraction of sp³-hybridized carbons (Fsp3) is 0.211. The van der Waals surface area contributed by atoms with Crippen LogP contribution in [0, 0.1) is 6.92 Å². The van der Waals surface area contributed by atoms with Gasteiger partial charge in [0, 0.05) is 24.4 Å². The zero-order valence-electron chi connectivity index (χ0n) is 14.3. The summed E-state index contributed by atoms with van der Waals surface area (Å²) in [6, 6.07) is 13.2. The largest absolute Gasteiger partial charge is 0.462 e. The molecule has 0 radical (unpaired) electrons. The highest BCUT2D eigenvalue weighted by atomic mass is 32.1. The molecule has 0 saturated carbocycles. The van der Waals surface area contributed by atoms with Crippen LogP contribution in [0.4, 0.5) is 0 Å². The van der Waals surface area contributed by atoms with Gasteiger partial charge < -0.3 is 15.1 Å². The third kappa shape index (κ3) is 4.18. The summed E-state index contributed by atoms with van der Waals surface area (Å²) in [5, 5.41) is 0.658. The van der Waals surface area contributed by atoms with E-state index in [-0.39, 0.29) is 18.9 Å². The van der Waals surface area contributed by atoms with Gasteiger partial charge in [-0.3, -0.25) is 9.59 Å². The normalized spacial score (nSPS) is 10.7. The van der Waals surface area contributed by atoms with Gasteiger partial charge in [-0.15, -0.1) is 11.3 Å². The van der Waals surface area contributed by atoms with Crippen molar-refractivity contribution < 1.29 is 14.0 Å². The van der Waals surface area contributed by atoms with E-state index < -0.39 is 5.91 Å². The quantitative estimate of drug-likeness (QED) is 0.692. The Hall–Kier alpha value is -2.93. The molecule has 2 amide bonds. The van der Waals surface area contributed by atoms with Crippen LogP contribution >= 0.6 is 11.3 Å². The van der Waals surface area contributed by atoms with Gasteiger partial charge in [0.15, 0.2) is 10.8 Å². The van der Waals surface area contributed by atoms with Crippen LogP contribution in [-0.4, -0.2) is 28.2 Å². The van der Waals surface area contributed by atoms with E-state index in [0.717, 1.165) is 10.4 Å². The SMILES string of the molecule is Cc1sc(-c2ccco2)nc1C(=O)N(CCC(N)=O)Cc1ccccc1. The Balaban J connectivity index is 1.85. The summed E-state index contributed by atoms with van der Waals surface area (Å²) in [4.78, 5) is 31.1. The number of hydrogen-bond donors (Lipinski definition) is 1. The van der Waals surface area contributed by atoms with Crippen LogP contribution in [0.15, 0.2) is 53.1 Å². The maximum absolute atomic E-state index is 13.1. The van der Waals surface area contributed by atoms with Gasteiger partial charge in [0.05, 0.1) is 6.26 Å². The smallest absolute Gasteiger partial charge is 0.273 e. The number of carbonyl (C=O) groups is 2. The van der Waals surface area contributed by atoms with Gasteiger partial charge in [0.2, 0.25) is 5.91 Å². The van der Waals surface area contributed by atoms with Crippen LogP contribution in [-0.2, 0) is 11.3 Å². The average Bonchev–Trinajstić information content (AvgIpc) is 3.28. The van der Waals surface area contributed by atoms with Crippen molar-refractivity contribution in [3.8, 4) is 10.8 Å². The Morgan fingerprint density at radius 3 is 2.62 bits per heavy atom. The second-order valence-electron chi connectivity index (χ2n) is 5.83. The van der Waals surface area contributed by atoms with E-state index in [9.17, 15) is 9.59 Å². The number of nitrogens with two attached hydrogens (primary N) is 1. The Morgan fingerprint density at radius 2 is 1.96 bits per heavy atom. The molecule has 0 fully saturated rings. The molecule has 2 heterocycles. The summed E-state index contributed by atoms with van der Waals surface area (Å²) in [7, 11) is 0. The lowest BCUT2D eigenvalue weighted by atomic mass is 10.2. The Kier molecular flexibility index (Phi) is 5.48. The highest BCUT2D eigenvalue weighted by molar-refractivity contribution is 7.15. The number of hydrogen-bond acceptors (Lipinski definition) is 5. The van der Waals surface area contributed by atoms with Crippen molar-refractivity contribution in [3.05, 3.63) is 64.9 Å². The molecule has 134 valence electrons. The minimum atomic E-state index is -0.442. The average molecular weight is 369 g/mol. The van der Waals surface area contributed by atoms with Crippen molar-refractivity contribution >= 4 is 23.2 Å². The van der Waals surface area contributed by atoms with E-state index in [0.29, 0.717) is 23.0 Å². The fourth-order valence-corrected chi connectivity index (χ4v) is 3.42. The number of amides is 2. The van der Waals surface area contributed by atoms with Gasteiger partial charge in [-0.1, -0.05) is 30.3 Å². The number of thiazole rings is 1. The van der Waals surface area contributed by atoms with Crippen molar-refractivity contribution in [3.63, 3.8) is 0 Å². The molecule has 0 atom stereocenters. The van der Waals surface area contributed by atoms with Crippen molar-refractivity contribution in [1.29, 1.82) is 0 Å². The molecule has 7 heteroatoms. The molecule has 1 aromatic carbocycles. The Bertz CT molecular complexity index is 888. The Labute approximate surface area is 155 Å². The lowest BCUT2D eigenvalue weighted by Crippen LogP contribution is -2.34. The van der Waals surface area contributed by atoms with Crippen molar-refractivity contribution in [1.82, 2.24) is 9.88 Å². The monoisotopic (exact) mass is 369 g/mol. The predicted octanol–water partition coefficient (Wildman–Crippen LogP) is 3.23. The first-order valence-corrected chi connectivity index (χ1v) is 8.99. The lowest BCUT2D eigenvalue weighted by Gasteiger charge is -2.21. The maximum Gasteiger partial charge on any atom is 0.273 e. The van der Waals surface area contributed by atoms with Crippen molar-refractivity contribution in [2.75, 3.05) is 6.54 Å². The van der Waals surface area contributed by atoms with Crippen molar-refractivity contribution in [2.45, 2.75) is 19.9 Å². The van der Waals surface area contributed by atoms with Crippen LogP contribution in [0.1, 0.15) is 27.3 Å². The van der Waals surface area contributed by atoms with Crippen molar-refractivity contribution in [2.24, 2.45) is 5.73 Å². The molecular weight excluding hydrogens is 350 g/mol. The molecule has 3 rings (SSSR count). The standard InChI is InChI=1S/C19H19N3O3S/c1-13-17(21-18(26-13)15-8-5-11-25-15)19(24)22(10-9-16(20)23)12-14-6-3-2-4-7-14/h2-8,11H,9-10,12H2,1H3,(H2,20,23). The summed E-state index contributed by atoms with van der Waals surface area (Å²) in [5.74, 6) is -0.0345. The second kappa shape index (κ2) is 7.97. The molecule has 3 aromatic rings. The van der Waals surface area contributed by atoms with Gasteiger partial charge in [-0.05, 0) is 24.6 Å². The second-order valence-corrected chi connectivity index (χ2v) is 7.03. The molecule has 2 aromatic heterocycles. The molecule has 0 unspecified atom stereocenters. The molecule has 0 aliphatic rings.